The molecule has 140 valence electrons. The van der Waals surface area contributed by atoms with Crippen LogP contribution >= 0.6 is 24.8 Å². The van der Waals surface area contributed by atoms with Gasteiger partial charge in [-0.2, -0.15) is 0 Å². The predicted molar refractivity (Wildman–Crippen MR) is 106 cm³/mol. The van der Waals surface area contributed by atoms with Gasteiger partial charge in [0.25, 0.3) is 0 Å². The number of nitrogens with zero attached hydrogens (tertiary/aromatic N) is 1. The Balaban J connectivity index is 0.00000156. The predicted octanol–water partition coefficient (Wildman–Crippen LogP) is 2.75. The van der Waals surface area contributed by atoms with Gasteiger partial charge in [0.05, 0.1) is 5.41 Å². The number of fused-ring (bicyclic) bond motifs is 1. The molecular weight excluding hydrogens is 361 g/mol. The molecule has 5 nitrogen and oxygen atoms in total. The lowest BCUT2D eigenvalue weighted by Gasteiger charge is -2.34. The van der Waals surface area contributed by atoms with E-state index < -0.39 is 5.41 Å². The van der Waals surface area contributed by atoms with E-state index in [4.69, 9.17) is 10.5 Å². The van der Waals surface area contributed by atoms with Crippen LogP contribution in [-0.4, -0.2) is 36.8 Å². The average Bonchev–Trinajstić information content (AvgIpc) is 3.02. The van der Waals surface area contributed by atoms with Crippen molar-refractivity contribution in [2.24, 2.45) is 11.1 Å². The second kappa shape index (κ2) is 10.0. The summed E-state index contributed by atoms with van der Waals surface area (Å²) in [6.45, 7) is 3.21. The zero-order valence-electron chi connectivity index (χ0n) is 14.3. The summed E-state index contributed by atoms with van der Waals surface area (Å²) in [6, 6.07) is 10.5. The van der Waals surface area contributed by atoms with E-state index >= 15 is 0 Å². The number of benzene rings is 1. The third kappa shape index (κ3) is 4.88. The average molecular weight is 388 g/mol. The molecule has 25 heavy (non-hydrogen) atoms. The molecule has 0 spiro atoms. The summed E-state index contributed by atoms with van der Waals surface area (Å²) >= 11 is 0. The molecule has 1 aliphatic rings. The molecule has 0 bridgehead atoms. The summed E-state index contributed by atoms with van der Waals surface area (Å²) in [5.74, 6) is 0.0839. The number of carbonyl (C=O) groups excluding carboxylic acids is 1. The van der Waals surface area contributed by atoms with Gasteiger partial charge >= 0.3 is 0 Å². The lowest BCUT2D eigenvalue weighted by Crippen LogP contribution is -2.49. The van der Waals surface area contributed by atoms with Gasteiger partial charge in [-0.1, -0.05) is 18.2 Å². The van der Waals surface area contributed by atoms with Crippen LogP contribution in [0.4, 0.5) is 0 Å². The highest BCUT2D eigenvalue weighted by Crippen LogP contribution is 2.29. The fourth-order valence-corrected chi connectivity index (χ4v) is 3.26. The standard InChI is InChI=1S/C18H25N3O2.2ClH/c19-14-18(7-12-23-13-8-18)17(22)20-9-3-10-21-11-6-15-4-1-2-5-16(15)21;;/h1-2,4-6,11H,3,7-10,12-14,19H2,(H,20,22);2*1H. The van der Waals surface area contributed by atoms with Crippen LogP contribution in [0.2, 0.25) is 0 Å². The van der Waals surface area contributed by atoms with Crippen LogP contribution in [0, 0.1) is 5.41 Å². The fourth-order valence-electron chi connectivity index (χ4n) is 3.26. The zero-order chi connectivity index (χ0) is 16.1. The summed E-state index contributed by atoms with van der Waals surface area (Å²) < 4.78 is 7.58. The molecule has 1 saturated heterocycles. The zero-order valence-corrected chi connectivity index (χ0v) is 15.9. The SMILES string of the molecule is Cl.Cl.NCC1(C(=O)NCCCn2ccc3ccccc32)CCOCC1. The number of ether oxygens (including phenoxy) is 1. The number of amides is 1. The Morgan fingerprint density at radius 2 is 1.92 bits per heavy atom. The molecule has 0 aliphatic carbocycles. The first kappa shape index (κ1) is 21.8. The van der Waals surface area contributed by atoms with Gasteiger partial charge in [0.2, 0.25) is 5.91 Å². The molecule has 3 rings (SSSR count). The maximum Gasteiger partial charge on any atom is 0.227 e. The monoisotopic (exact) mass is 387 g/mol. The Morgan fingerprint density at radius 1 is 1.20 bits per heavy atom. The van der Waals surface area contributed by atoms with E-state index in [9.17, 15) is 4.79 Å². The molecule has 7 heteroatoms. The number of rotatable bonds is 6. The van der Waals surface area contributed by atoms with Crippen molar-refractivity contribution in [1.29, 1.82) is 0 Å². The Morgan fingerprint density at radius 3 is 2.64 bits per heavy atom. The van der Waals surface area contributed by atoms with Crippen molar-refractivity contribution in [3.63, 3.8) is 0 Å². The third-order valence-corrected chi connectivity index (χ3v) is 4.86. The molecule has 2 aromatic rings. The van der Waals surface area contributed by atoms with Crippen molar-refractivity contribution in [1.82, 2.24) is 9.88 Å². The van der Waals surface area contributed by atoms with Gasteiger partial charge in [-0.3, -0.25) is 4.79 Å². The van der Waals surface area contributed by atoms with Gasteiger partial charge in [-0.15, -0.1) is 24.8 Å². The Kier molecular flexibility index (Phi) is 8.73. The van der Waals surface area contributed by atoms with Crippen LogP contribution in [0.15, 0.2) is 36.5 Å². The number of hydrogen-bond acceptors (Lipinski definition) is 3. The topological polar surface area (TPSA) is 69.3 Å². The van der Waals surface area contributed by atoms with Gasteiger partial charge in [-0.05, 0) is 36.8 Å². The first-order valence-corrected chi connectivity index (χ1v) is 8.35. The van der Waals surface area contributed by atoms with Crippen molar-refractivity contribution in [3.8, 4) is 0 Å². The quantitative estimate of drug-likeness (QED) is 0.748. The largest absolute Gasteiger partial charge is 0.381 e. The van der Waals surface area contributed by atoms with Crippen LogP contribution in [0.5, 0.6) is 0 Å². The van der Waals surface area contributed by atoms with E-state index in [0.29, 0.717) is 26.3 Å². The van der Waals surface area contributed by atoms with E-state index in [1.807, 2.05) is 6.07 Å². The van der Waals surface area contributed by atoms with E-state index in [-0.39, 0.29) is 30.7 Å². The normalized spacial score (nSPS) is 15.9. The molecule has 3 N–H and O–H groups in total. The van der Waals surface area contributed by atoms with Gasteiger partial charge in [-0.25, -0.2) is 0 Å². The lowest BCUT2D eigenvalue weighted by molar-refractivity contribution is -0.135. The molecule has 0 saturated carbocycles. The molecule has 1 aliphatic heterocycles. The first-order valence-electron chi connectivity index (χ1n) is 8.35. The number of carbonyl (C=O) groups is 1. The highest BCUT2D eigenvalue weighted by molar-refractivity contribution is 5.85. The number of aromatic nitrogens is 1. The third-order valence-electron chi connectivity index (χ3n) is 4.86. The minimum atomic E-state index is -0.432. The van der Waals surface area contributed by atoms with Gasteiger partial charge in [0, 0.05) is 44.6 Å². The maximum absolute atomic E-state index is 12.5. The molecule has 1 aromatic heterocycles. The van der Waals surface area contributed by atoms with Crippen molar-refractivity contribution in [2.45, 2.75) is 25.8 Å². The van der Waals surface area contributed by atoms with Crippen LogP contribution in [0.1, 0.15) is 19.3 Å². The summed E-state index contributed by atoms with van der Waals surface area (Å²) in [5.41, 5.74) is 6.67. The van der Waals surface area contributed by atoms with E-state index in [1.54, 1.807) is 0 Å². The molecule has 0 unspecified atom stereocenters. The number of nitrogens with two attached hydrogens (primary N) is 1. The van der Waals surface area contributed by atoms with Crippen molar-refractivity contribution < 1.29 is 9.53 Å². The highest BCUT2D eigenvalue weighted by Gasteiger charge is 2.38. The van der Waals surface area contributed by atoms with E-state index in [0.717, 1.165) is 25.8 Å². The minimum Gasteiger partial charge on any atom is -0.381 e. The number of hydrogen-bond donors (Lipinski definition) is 2. The lowest BCUT2D eigenvalue weighted by atomic mass is 9.79. The molecule has 0 radical (unpaired) electrons. The fraction of sp³-hybridized carbons (Fsp3) is 0.500. The highest BCUT2D eigenvalue weighted by atomic mass is 35.5. The number of nitrogens with one attached hydrogen (secondary N) is 1. The van der Waals surface area contributed by atoms with Crippen molar-refractivity contribution in [2.75, 3.05) is 26.3 Å². The molecule has 2 heterocycles. The molecule has 0 atom stereocenters. The molecule has 1 fully saturated rings. The smallest absolute Gasteiger partial charge is 0.227 e. The second-order valence-electron chi connectivity index (χ2n) is 6.27. The Bertz CT molecular complexity index is 669. The summed E-state index contributed by atoms with van der Waals surface area (Å²) in [4.78, 5) is 12.5. The van der Waals surface area contributed by atoms with Gasteiger partial charge < -0.3 is 20.4 Å². The van der Waals surface area contributed by atoms with Crippen LogP contribution < -0.4 is 11.1 Å². The first-order chi connectivity index (χ1) is 11.2. The van der Waals surface area contributed by atoms with Gasteiger partial charge in [0.15, 0.2) is 0 Å². The molecular formula is C18H27Cl2N3O2. The van der Waals surface area contributed by atoms with E-state index in [2.05, 4.69) is 40.3 Å². The maximum atomic E-state index is 12.5. The summed E-state index contributed by atoms with van der Waals surface area (Å²) in [7, 11) is 0. The van der Waals surface area contributed by atoms with Crippen LogP contribution in [0.25, 0.3) is 10.9 Å². The Hall–Kier alpha value is -1.27. The summed E-state index contributed by atoms with van der Waals surface area (Å²) in [5, 5.41) is 4.32. The van der Waals surface area contributed by atoms with Crippen LogP contribution in [-0.2, 0) is 16.1 Å². The summed E-state index contributed by atoms with van der Waals surface area (Å²) in [6.07, 6.45) is 4.45. The minimum absolute atomic E-state index is 0. The van der Waals surface area contributed by atoms with Gasteiger partial charge in [0.1, 0.15) is 0 Å². The van der Waals surface area contributed by atoms with E-state index in [1.165, 1.54) is 10.9 Å². The second-order valence-corrected chi connectivity index (χ2v) is 6.27. The Labute approximate surface area is 161 Å². The molecule has 1 amide bonds. The van der Waals surface area contributed by atoms with Crippen molar-refractivity contribution in [3.05, 3.63) is 36.5 Å². The number of halogens is 2. The van der Waals surface area contributed by atoms with Crippen molar-refractivity contribution >= 4 is 41.6 Å². The molecule has 1 aromatic carbocycles. The van der Waals surface area contributed by atoms with Crippen LogP contribution in [0.3, 0.4) is 0 Å². The number of para-hydroxylation sites is 1. The number of aryl methyl sites for hydroxylation is 1.